The largest absolute Gasteiger partial charge is 0.300 e. The van der Waals surface area contributed by atoms with E-state index in [0.29, 0.717) is 6.42 Å². The Kier molecular flexibility index (Phi) is 3.33. The van der Waals surface area contributed by atoms with Crippen molar-refractivity contribution in [3.63, 3.8) is 0 Å². The normalized spacial score (nSPS) is 11.8. The molecule has 0 aliphatic heterocycles. The van der Waals surface area contributed by atoms with E-state index in [-0.39, 0.29) is 5.78 Å². The van der Waals surface area contributed by atoms with Crippen LogP contribution in [0.2, 0.25) is 0 Å². The molecule has 0 saturated heterocycles. The van der Waals surface area contributed by atoms with E-state index in [1.165, 1.54) is 10.8 Å². The van der Waals surface area contributed by atoms with E-state index in [1.807, 2.05) is 31.2 Å². The number of fused-ring (bicyclic) bond motifs is 1. The molecule has 2 nitrogen and oxygen atoms in total. The third-order valence-electron chi connectivity index (χ3n) is 2.56. The number of ketones is 1. The Bertz CT molecular complexity index is 584. The standard InChI is InChI=1S/C15H15NO/c1-11(9-12(2)17)16-15-8-7-13-5-3-4-6-14(13)10-15/h3-8,10H,9H2,1-2H3. The van der Waals surface area contributed by atoms with Crippen molar-refractivity contribution in [1.29, 1.82) is 0 Å². The highest BCUT2D eigenvalue weighted by Crippen LogP contribution is 2.21. The molecule has 0 N–H and O–H groups in total. The Morgan fingerprint density at radius 1 is 1.06 bits per heavy atom. The third kappa shape index (κ3) is 3.00. The second-order valence-electron chi connectivity index (χ2n) is 4.26. The van der Waals surface area contributed by atoms with E-state index < -0.39 is 0 Å². The lowest BCUT2D eigenvalue weighted by atomic mass is 10.1. The molecule has 0 spiro atoms. The fraction of sp³-hybridized carbons (Fsp3) is 0.200. The lowest BCUT2D eigenvalue weighted by Crippen LogP contribution is -1.98. The van der Waals surface area contributed by atoms with Crippen molar-refractivity contribution in [2.75, 3.05) is 0 Å². The lowest BCUT2D eigenvalue weighted by Gasteiger charge is -2.01. The van der Waals surface area contributed by atoms with E-state index in [1.54, 1.807) is 6.92 Å². The van der Waals surface area contributed by atoms with Crippen LogP contribution in [0.1, 0.15) is 20.3 Å². The van der Waals surface area contributed by atoms with E-state index in [9.17, 15) is 4.79 Å². The molecule has 2 heteroatoms. The van der Waals surface area contributed by atoms with E-state index in [0.717, 1.165) is 11.4 Å². The summed E-state index contributed by atoms with van der Waals surface area (Å²) < 4.78 is 0. The predicted molar refractivity (Wildman–Crippen MR) is 72.0 cm³/mol. The van der Waals surface area contributed by atoms with Crippen LogP contribution >= 0.6 is 0 Å². The highest BCUT2D eigenvalue weighted by Gasteiger charge is 1.98. The van der Waals surface area contributed by atoms with E-state index in [2.05, 4.69) is 23.2 Å². The van der Waals surface area contributed by atoms with Crippen molar-refractivity contribution >= 4 is 28.0 Å². The molecule has 2 aromatic rings. The fourth-order valence-electron chi connectivity index (χ4n) is 1.87. The summed E-state index contributed by atoms with van der Waals surface area (Å²) in [5.74, 6) is 0.145. The molecule has 0 unspecified atom stereocenters. The van der Waals surface area contributed by atoms with Gasteiger partial charge in [-0.15, -0.1) is 0 Å². The first kappa shape index (κ1) is 11.5. The van der Waals surface area contributed by atoms with Gasteiger partial charge in [0.25, 0.3) is 0 Å². The summed E-state index contributed by atoms with van der Waals surface area (Å²) >= 11 is 0. The Labute approximate surface area is 101 Å². The molecule has 2 rings (SSSR count). The minimum Gasteiger partial charge on any atom is -0.300 e. The van der Waals surface area contributed by atoms with Gasteiger partial charge < -0.3 is 0 Å². The van der Waals surface area contributed by atoms with Gasteiger partial charge in [0.2, 0.25) is 0 Å². The van der Waals surface area contributed by atoms with Crippen LogP contribution in [0.4, 0.5) is 5.69 Å². The number of rotatable bonds is 3. The Hall–Kier alpha value is -1.96. The quantitative estimate of drug-likeness (QED) is 0.728. The van der Waals surface area contributed by atoms with Crippen molar-refractivity contribution in [2.24, 2.45) is 4.99 Å². The molecule has 0 heterocycles. The summed E-state index contributed by atoms with van der Waals surface area (Å²) in [6, 6.07) is 14.2. The zero-order valence-electron chi connectivity index (χ0n) is 10.1. The molecule has 86 valence electrons. The second-order valence-corrected chi connectivity index (χ2v) is 4.26. The monoisotopic (exact) mass is 225 g/mol. The summed E-state index contributed by atoms with van der Waals surface area (Å²) in [6.45, 7) is 3.47. The van der Waals surface area contributed by atoms with Gasteiger partial charge in [0, 0.05) is 12.1 Å². The number of benzene rings is 2. The molecule has 0 aliphatic rings. The van der Waals surface area contributed by atoms with Gasteiger partial charge in [-0.1, -0.05) is 30.3 Å². The number of Topliss-reactive ketones (excluding diaryl/α,β-unsaturated/α-hetero) is 1. The molecule has 0 fully saturated rings. The summed E-state index contributed by atoms with van der Waals surface area (Å²) in [5.41, 5.74) is 1.76. The van der Waals surface area contributed by atoms with Gasteiger partial charge in [-0.2, -0.15) is 0 Å². The molecule has 2 aromatic carbocycles. The minimum atomic E-state index is 0.145. The number of carbonyl (C=O) groups excluding carboxylic acids is 1. The maximum Gasteiger partial charge on any atom is 0.135 e. The van der Waals surface area contributed by atoms with Crippen molar-refractivity contribution < 1.29 is 4.79 Å². The van der Waals surface area contributed by atoms with Gasteiger partial charge in [0.05, 0.1) is 5.69 Å². The number of carbonyl (C=O) groups is 1. The average Bonchev–Trinajstić information content (AvgIpc) is 2.27. The molecule has 0 saturated carbocycles. The van der Waals surface area contributed by atoms with E-state index >= 15 is 0 Å². The Morgan fingerprint density at radius 3 is 2.47 bits per heavy atom. The molecule has 0 radical (unpaired) electrons. The molecule has 0 bridgehead atoms. The second kappa shape index (κ2) is 4.91. The topological polar surface area (TPSA) is 29.4 Å². The van der Waals surface area contributed by atoms with Gasteiger partial charge in [-0.3, -0.25) is 9.79 Å². The first-order valence-corrected chi connectivity index (χ1v) is 5.67. The number of hydrogen-bond acceptors (Lipinski definition) is 2. The van der Waals surface area contributed by atoms with Crippen LogP contribution in [0.5, 0.6) is 0 Å². The maximum absolute atomic E-state index is 11.0. The Morgan fingerprint density at radius 2 is 1.76 bits per heavy atom. The zero-order valence-corrected chi connectivity index (χ0v) is 10.1. The van der Waals surface area contributed by atoms with Crippen molar-refractivity contribution in [1.82, 2.24) is 0 Å². The van der Waals surface area contributed by atoms with E-state index in [4.69, 9.17) is 0 Å². The average molecular weight is 225 g/mol. The van der Waals surface area contributed by atoms with Gasteiger partial charge in [-0.05, 0) is 36.8 Å². The first-order valence-electron chi connectivity index (χ1n) is 5.67. The number of hydrogen-bond donors (Lipinski definition) is 0. The third-order valence-corrected chi connectivity index (χ3v) is 2.56. The zero-order chi connectivity index (χ0) is 12.3. The van der Waals surface area contributed by atoms with Gasteiger partial charge in [0.1, 0.15) is 5.78 Å². The lowest BCUT2D eigenvalue weighted by molar-refractivity contribution is -0.115. The van der Waals surface area contributed by atoms with Crippen LogP contribution in [-0.2, 0) is 4.79 Å². The molecule has 0 amide bonds. The van der Waals surface area contributed by atoms with Gasteiger partial charge in [-0.25, -0.2) is 0 Å². The fourth-order valence-corrected chi connectivity index (χ4v) is 1.87. The molecular formula is C15H15NO. The molecular weight excluding hydrogens is 210 g/mol. The highest BCUT2D eigenvalue weighted by molar-refractivity contribution is 6.01. The van der Waals surface area contributed by atoms with Crippen LogP contribution in [0.15, 0.2) is 47.5 Å². The van der Waals surface area contributed by atoms with Crippen LogP contribution < -0.4 is 0 Å². The number of nitrogens with zero attached hydrogens (tertiary/aromatic N) is 1. The highest BCUT2D eigenvalue weighted by atomic mass is 16.1. The minimum absolute atomic E-state index is 0.145. The molecule has 17 heavy (non-hydrogen) atoms. The summed E-state index contributed by atoms with van der Waals surface area (Å²) in [5, 5.41) is 2.38. The van der Waals surface area contributed by atoms with Crippen molar-refractivity contribution in [3.8, 4) is 0 Å². The summed E-state index contributed by atoms with van der Waals surface area (Å²) in [6.07, 6.45) is 0.423. The molecule has 0 atom stereocenters. The smallest absolute Gasteiger partial charge is 0.135 e. The summed E-state index contributed by atoms with van der Waals surface area (Å²) in [4.78, 5) is 15.4. The van der Waals surface area contributed by atoms with Crippen molar-refractivity contribution in [2.45, 2.75) is 20.3 Å². The van der Waals surface area contributed by atoms with Gasteiger partial charge >= 0.3 is 0 Å². The predicted octanol–water partition coefficient (Wildman–Crippen LogP) is 3.91. The molecule has 0 aromatic heterocycles. The van der Waals surface area contributed by atoms with Gasteiger partial charge in [0.15, 0.2) is 0 Å². The number of aliphatic imine (C=N–C) groups is 1. The Balaban J connectivity index is 2.33. The van der Waals surface area contributed by atoms with Crippen molar-refractivity contribution in [3.05, 3.63) is 42.5 Å². The van der Waals surface area contributed by atoms with Crippen LogP contribution in [0, 0.1) is 0 Å². The molecule has 0 aliphatic carbocycles. The first-order chi connectivity index (χ1) is 8.15. The van der Waals surface area contributed by atoms with Crippen LogP contribution in [0.3, 0.4) is 0 Å². The van der Waals surface area contributed by atoms with Crippen LogP contribution in [0.25, 0.3) is 10.8 Å². The van der Waals surface area contributed by atoms with Crippen LogP contribution in [-0.4, -0.2) is 11.5 Å². The summed E-state index contributed by atoms with van der Waals surface area (Å²) in [7, 11) is 0. The SMILES string of the molecule is CC(=O)CC(C)=Nc1ccc2ccccc2c1. The maximum atomic E-state index is 11.0.